The van der Waals surface area contributed by atoms with E-state index in [2.05, 4.69) is 15.3 Å². The summed E-state index contributed by atoms with van der Waals surface area (Å²) < 4.78 is 13.5. The van der Waals surface area contributed by atoms with Crippen molar-refractivity contribution in [1.29, 1.82) is 0 Å². The highest BCUT2D eigenvalue weighted by atomic mass is 16.5. The number of hydrogen-bond acceptors (Lipinski definition) is 6. The zero-order valence-corrected chi connectivity index (χ0v) is 19.6. The molecule has 0 spiro atoms. The number of rotatable bonds is 8. The van der Waals surface area contributed by atoms with E-state index in [4.69, 9.17) is 9.15 Å². The largest absolute Gasteiger partial charge is 0.493 e. The summed E-state index contributed by atoms with van der Waals surface area (Å²) in [5.74, 6) is 2.07. The molecule has 0 aliphatic rings. The van der Waals surface area contributed by atoms with Crippen molar-refractivity contribution in [1.82, 2.24) is 20.0 Å². The predicted molar refractivity (Wildman–Crippen MR) is 132 cm³/mol. The molecular formula is C28H26N4O3. The monoisotopic (exact) mass is 466 g/mol. The number of hydrogen-bond donors (Lipinski definition) is 1. The van der Waals surface area contributed by atoms with Gasteiger partial charge in [0.05, 0.1) is 23.7 Å². The zero-order chi connectivity index (χ0) is 24.2. The number of aryl methyl sites for hydroxylation is 2. The molecule has 7 heteroatoms. The molecule has 7 nitrogen and oxygen atoms in total. The van der Waals surface area contributed by atoms with E-state index in [9.17, 15) is 5.11 Å². The highest BCUT2D eigenvalue weighted by molar-refractivity contribution is 5.53. The molecule has 0 saturated carbocycles. The van der Waals surface area contributed by atoms with Gasteiger partial charge in [-0.05, 0) is 55.8 Å². The van der Waals surface area contributed by atoms with Gasteiger partial charge in [-0.1, -0.05) is 53.7 Å². The number of para-hydroxylation sites is 1. The molecule has 35 heavy (non-hydrogen) atoms. The second-order valence-electron chi connectivity index (χ2n) is 8.27. The standard InChI is InChI=1S/C28H26N4O3/c1-19-26(32(31-30-19)23-13-7-4-8-14-23)27(33)22-12-9-15-24(18-22)34-17-16-25-20(2)35-28(29-25)21-10-5-3-6-11-21/h3-15,18,27,33H,16-17H2,1-2H3. The first kappa shape index (κ1) is 22.6. The van der Waals surface area contributed by atoms with Crippen molar-refractivity contribution in [2.24, 2.45) is 0 Å². The fourth-order valence-corrected chi connectivity index (χ4v) is 4.00. The Labute approximate surface area is 203 Å². The topological polar surface area (TPSA) is 86.2 Å². The SMILES string of the molecule is Cc1nnn(-c2ccccc2)c1C(O)c1cccc(OCCc2nc(-c3ccccc3)oc2C)c1. The van der Waals surface area contributed by atoms with Gasteiger partial charge in [-0.2, -0.15) is 0 Å². The Hall–Kier alpha value is -4.23. The summed E-state index contributed by atoms with van der Waals surface area (Å²) in [4.78, 5) is 4.64. The van der Waals surface area contributed by atoms with Crippen LogP contribution in [0.5, 0.6) is 5.75 Å². The van der Waals surface area contributed by atoms with Gasteiger partial charge in [0.25, 0.3) is 0 Å². The maximum Gasteiger partial charge on any atom is 0.226 e. The summed E-state index contributed by atoms with van der Waals surface area (Å²) in [6, 6.07) is 26.9. The van der Waals surface area contributed by atoms with E-state index in [-0.39, 0.29) is 0 Å². The first-order valence-corrected chi connectivity index (χ1v) is 11.5. The number of aliphatic hydroxyl groups is 1. The quantitative estimate of drug-likeness (QED) is 0.336. The van der Waals surface area contributed by atoms with Gasteiger partial charge in [-0.3, -0.25) is 0 Å². The molecular weight excluding hydrogens is 440 g/mol. The average molecular weight is 467 g/mol. The molecule has 2 heterocycles. The summed E-state index contributed by atoms with van der Waals surface area (Å²) in [5.41, 5.74) is 4.65. The van der Waals surface area contributed by atoms with Gasteiger partial charge in [-0.15, -0.1) is 5.10 Å². The number of aliphatic hydroxyl groups excluding tert-OH is 1. The van der Waals surface area contributed by atoms with Crippen LogP contribution in [0.4, 0.5) is 0 Å². The third kappa shape index (κ3) is 4.85. The van der Waals surface area contributed by atoms with Crippen molar-refractivity contribution in [3.8, 4) is 22.9 Å². The normalized spacial score (nSPS) is 12.0. The Morgan fingerprint density at radius 1 is 0.943 bits per heavy atom. The van der Waals surface area contributed by atoms with Crippen molar-refractivity contribution in [2.75, 3.05) is 6.61 Å². The lowest BCUT2D eigenvalue weighted by Crippen LogP contribution is -2.10. The summed E-state index contributed by atoms with van der Waals surface area (Å²) in [5, 5.41) is 19.6. The molecule has 0 amide bonds. The van der Waals surface area contributed by atoms with Crippen molar-refractivity contribution in [3.63, 3.8) is 0 Å². The molecule has 1 N–H and O–H groups in total. The molecule has 176 valence electrons. The van der Waals surface area contributed by atoms with Crippen molar-refractivity contribution in [3.05, 3.63) is 113 Å². The van der Waals surface area contributed by atoms with Gasteiger partial charge in [0.15, 0.2) is 0 Å². The Morgan fingerprint density at radius 3 is 2.46 bits per heavy atom. The fraction of sp³-hybridized carbons (Fsp3) is 0.179. The lowest BCUT2D eigenvalue weighted by Gasteiger charge is -2.15. The van der Waals surface area contributed by atoms with Gasteiger partial charge >= 0.3 is 0 Å². The number of nitrogens with zero attached hydrogens (tertiary/aromatic N) is 4. The van der Waals surface area contributed by atoms with Crippen LogP contribution < -0.4 is 4.74 Å². The summed E-state index contributed by atoms with van der Waals surface area (Å²) >= 11 is 0. The molecule has 5 rings (SSSR count). The third-order valence-electron chi connectivity index (χ3n) is 5.84. The Bertz CT molecular complexity index is 1410. The maximum absolute atomic E-state index is 11.2. The minimum Gasteiger partial charge on any atom is -0.493 e. The molecule has 0 aliphatic heterocycles. The zero-order valence-electron chi connectivity index (χ0n) is 19.6. The number of aromatic nitrogens is 4. The van der Waals surface area contributed by atoms with Crippen molar-refractivity contribution < 1.29 is 14.3 Å². The lowest BCUT2D eigenvalue weighted by atomic mass is 10.0. The number of ether oxygens (including phenoxy) is 1. The van der Waals surface area contributed by atoms with Crippen LogP contribution in [0.2, 0.25) is 0 Å². The van der Waals surface area contributed by atoms with E-state index in [1.165, 1.54) is 0 Å². The van der Waals surface area contributed by atoms with E-state index in [1.54, 1.807) is 4.68 Å². The average Bonchev–Trinajstić information content (AvgIpc) is 3.47. The smallest absolute Gasteiger partial charge is 0.226 e. The van der Waals surface area contributed by atoms with Crippen LogP contribution in [0.3, 0.4) is 0 Å². The van der Waals surface area contributed by atoms with E-state index in [0.29, 0.717) is 41.6 Å². The first-order chi connectivity index (χ1) is 17.1. The Balaban J connectivity index is 1.29. The van der Waals surface area contributed by atoms with Crippen LogP contribution in [0.25, 0.3) is 17.1 Å². The lowest BCUT2D eigenvalue weighted by molar-refractivity contribution is 0.210. The second kappa shape index (κ2) is 9.95. The molecule has 0 fully saturated rings. The maximum atomic E-state index is 11.2. The summed E-state index contributed by atoms with van der Waals surface area (Å²) in [6.07, 6.45) is -0.293. The minimum absolute atomic E-state index is 0.434. The molecule has 2 aromatic heterocycles. The molecule has 0 aliphatic carbocycles. The van der Waals surface area contributed by atoms with Crippen LogP contribution >= 0.6 is 0 Å². The van der Waals surface area contributed by atoms with E-state index < -0.39 is 6.10 Å². The van der Waals surface area contributed by atoms with Crippen molar-refractivity contribution >= 4 is 0 Å². The van der Waals surface area contributed by atoms with E-state index >= 15 is 0 Å². The van der Waals surface area contributed by atoms with Crippen LogP contribution in [0.15, 0.2) is 89.3 Å². The molecule has 0 bridgehead atoms. The van der Waals surface area contributed by atoms with Gasteiger partial charge in [-0.25, -0.2) is 9.67 Å². The molecule has 5 aromatic rings. The first-order valence-electron chi connectivity index (χ1n) is 11.5. The molecule has 1 unspecified atom stereocenters. The van der Waals surface area contributed by atoms with Crippen molar-refractivity contribution in [2.45, 2.75) is 26.4 Å². The van der Waals surface area contributed by atoms with Gasteiger partial charge < -0.3 is 14.3 Å². The van der Waals surface area contributed by atoms with E-state index in [0.717, 1.165) is 22.7 Å². The highest BCUT2D eigenvalue weighted by Gasteiger charge is 2.21. The van der Waals surface area contributed by atoms with Crippen LogP contribution in [-0.2, 0) is 6.42 Å². The van der Waals surface area contributed by atoms with Gasteiger partial charge in [0.1, 0.15) is 23.3 Å². The molecule has 3 aromatic carbocycles. The van der Waals surface area contributed by atoms with Crippen LogP contribution in [0.1, 0.15) is 34.5 Å². The minimum atomic E-state index is -0.903. The van der Waals surface area contributed by atoms with Crippen LogP contribution in [-0.4, -0.2) is 31.7 Å². The third-order valence-corrected chi connectivity index (χ3v) is 5.84. The second-order valence-corrected chi connectivity index (χ2v) is 8.27. The number of oxazole rings is 1. The van der Waals surface area contributed by atoms with Crippen LogP contribution in [0, 0.1) is 13.8 Å². The Morgan fingerprint density at radius 2 is 1.69 bits per heavy atom. The number of benzene rings is 3. The molecule has 1 atom stereocenters. The Kier molecular flexibility index (Phi) is 6.41. The van der Waals surface area contributed by atoms with E-state index in [1.807, 2.05) is 98.8 Å². The summed E-state index contributed by atoms with van der Waals surface area (Å²) in [7, 11) is 0. The highest BCUT2D eigenvalue weighted by Crippen LogP contribution is 2.28. The molecule has 0 saturated heterocycles. The van der Waals surface area contributed by atoms with Gasteiger partial charge in [0.2, 0.25) is 5.89 Å². The van der Waals surface area contributed by atoms with Gasteiger partial charge in [0, 0.05) is 12.0 Å². The summed E-state index contributed by atoms with van der Waals surface area (Å²) in [6.45, 7) is 4.19. The fourth-order valence-electron chi connectivity index (χ4n) is 4.00. The molecule has 0 radical (unpaired) electrons. The predicted octanol–water partition coefficient (Wildman–Crippen LogP) is 5.24.